The molecule has 0 amide bonds. The Morgan fingerprint density at radius 1 is 1.40 bits per heavy atom. The van der Waals surface area contributed by atoms with E-state index < -0.39 is 0 Å². The molecule has 1 unspecified atom stereocenters. The number of anilines is 2. The zero-order valence-electron chi connectivity index (χ0n) is 12.7. The van der Waals surface area contributed by atoms with Crippen LogP contribution in [0.2, 0.25) is 0 Å². The van der Waals surface area contributed by atoms with E-state index >= 15 is 0 Å². The van der Waals surface area contributed by atoms with Crippen molar-refractivity contribution in [3.05, 3.63) is 18.2 Å². The van der Waals surface area contributed by atoms with Crippen molar-refractivity contribution in [2.45, 2.75) is 51.2 Å². The Morgan fingerprint density at radius 3 is 2.80 bits per heavy atom. The van der Waals surface area contributed by atoms with Crippen molar-refractivity contribution in [1.82, 2.24) is 0 Å². The Hall–Kier alpha value is -1.42. The largest absolute Gasteiger partial charge is 0.497 e. The van der Waals surface area contributed by atoms with Gasteiger partial charge in [-0.25, -0.2) is 0 Å². The predicted molar refractivity (Wildman–Crippen MR) is 83.3 cm³/mol. The highest BCUT2D eigenvalue weighted by molar-refractivity contribution is 5.68. The maximum Gasteiger partial charge on any atom is 0.121 e. The lowest BCUT2D eigenvalue weighted by Crippen LogP contribution is -2.43. The van der Waals surface area contributed by atoms with Crippen LogP contribution in [0.5, 0.6) is 5.75 Å². The second-order valence-electron chi connectivity index (χ2n) is 5.53. The smallest absolute Gasteiger partial charge is 0.121 e. The molecule has 1 aliphatic rings. The summed E-state index contributed by atoms with van der Waals surface area (Å²) in [5, 5.41) is 3.56. The monoisotopic (exact) mass is 278 g/mol. The molecule has 0 aliphatic carbocycles. The standard InChI is InChI=1S/C16H26N2O2/c1-4-16(5-2)11-12(8-9-20-16)18-15-10-13(19-3)6-7-14(15)17/h6-7,10,12,18H,4-5,8-9,11,17H2,1-3H3. The first-order valence-electron chi connectivity index (χ1n) is 7.46. The summed E-state index contributed by atoms with van der Waals surface area (Å²) in [6.45, 7) is 5.21. The molecule has 1 aliphatic heterocycles. The highest BCUT2D eigenvalue weighted by Gasteiger charge is 2.34. The van der Waals surface area contributed by atoms with Gasteiger partial charge >= 0.3 is 0 Å². The summed E-state index contributed by atoms with van der Waals surface area (Å²) >= 11 is 0. The van der Waals surface area contributed by atoms with E-state index in [0.717, 1.165) is 49.4 Å². The van der Waals surface area contributed by atoms with Crippen molar-refractivity contribution in [2.24, 2.45) is 0 Å². The number of hydrogen-bond acceptors (Lipinski definition) is 4. The van der Waals surface area contributed by atoms with Crippen molar-refractivity contribution < 1.29 is 9.47 Å². The molecule has 1 heterocycles. The van der Waals surface area contributed by atoms with E-state index in [-0.39, 0.29) is 5.60 Å². The van der Waals surface area contributed by atoms with Crippen LogP contribution in [-0.4, -0.2) is 25.4 Å². The molecule has 1 atom stereocenters. The van der Waals surface area contributed by atoms with Gasteiger partial charge in [-0.3, -0.25) is 0 Å². The highest BCUT2D eigenvalue weighted by Crippen LogP contribution is 2.34. The number of ether oxygens (including phenoxy) is 2. The number of nitrogens with two attached hydrogens (primary N) is 1. The molecule has 0 aromatic heterocycles. The van der Waals surface area contributed by atoms with Gasteiger partial charge in [0.25, 0.3) is 0 Å². The molecule has 1 saturated heterocycles. The summed E-state index contributed by atoms with van der Waals surface area (Å²) in [7, 11) is 1.67. The summed E-state index contributed by atoms with van der Waals surface area (Å²) in [5.74, 6) is 0.825. The van der Waals surface area contributed by atoms with E-state index in [1.54, 1.807) is 7.11 Å². The molecular formula is C16H26N2O2. The van der Waals surface area contributed by atoms with Crippen LogP contribution in [0.15, 0.2) is 18.2 Å². The van der Waals surface area contributed by atoms with Crippen LogP contribution < -0.4 is 15.8 Å². The van der Waals surface area contributed by atoms with Gasteiger partial charge in [0.1, 0.15) is 5.75 Å². The number of rotatable bonds is 5. The predicted octanol–water partition coefficient (Wildman–Crippen LogP) is 3.43. The van der Waals surface area contributed by atoms with Crippen molar-refractivity contribution in [2.75, 3.05) is 24.8 Å². The zero-order chi connectivity index (χ0) is 14.6. The molecule has 20 heavy (non-hydrogen) atoms. The molecule has 1 aromatic rings. The first-order valence-corrected chi connectivity index (χ1v) is 7.46. The molecule has 1 fully saturated rings. The average Bonchev–Trinajstić information content (AvgIpc) is 2.49. The van der Waals surface area contributed by atoms with Gasteiger partial charge in [0.05, 0.1) is 24.1 Å². The summed E-state index contributed by atoms with van der Waals surface area (Å²) in [4.78, 5) is 0. The van der Waals surface area contributed by atoms with E-state index in [1.165, 1.54) is 0 Å². The van der Waals surface area contributed by atoms with Crippen LogP contribution in [0.3, 0.4) is 0 Å². The summed E-state index contributed by atoms with van der Waals surface area (Å²) in [5.41, 5.74) is 7.78. The van der Waals surface area contributed by atoms with Crippen LogP contribution >= 0.6 is 0 Å². The number of hydrogen-bond donors (Lipinski definition) is 2. The minimum absolute atomic E-state index is 0.0174. The zero-order valence-corrected chi connectivity index (χ0v) is 12.7. The second-order valence-corrected chi connectivity index (χ2v) is 5.53. The van der Waals surface area contributed by atoms with E-state index in [9.17, 15) is 0 Å². The lowest BCUT2D eigenvalue weighted by atomic mass is 9.86. The van der Waals surface area contributed by atoms with Gasteiger partial charge in [-0.15, -0.1) is 0 Å². The maximum atomic E-state index is 6.04. The van der Waals surface area contributed by atoms with Gasteiger partial charge in [0.2, 0.25) is 0 Å². The minimum Gasteiger partial charge on any atom is -0.497 e. The van der Waals surface area contributed by atoms with Crippen LogP contribution in [-0.2, 0) is 4.74 Å². The molecule has 0 bridgehead atoms. The molecule has 0 saturated carbocycles. The third-order valence-electron chi connectivity index (χ3n) is 4.40. The molecule has 3 N–H and O–H groups in total. The summed E-state index contributed by atoms with van der Waals surface area (Å²) in [6, 6.07) is 6.13. The Balaban J connectivity index is 2.09. The molecular weight excluding hydrogens is 252 g/mol. The molecule has 4 heteroatoms. The fraction of sp³-hybridized carbons (Fsp3) is 0.625. The SMILES string of the molecule is CCC1(CC)CC(Nc2cc(OC)ccc2N)CCO1. The summed E-state index contributed by atoms with van der Waals surface area (Å²) in [6.07, 6.45) is 4.14. The van der Waals surface area contributed by atoms with Gasteiger partial charge in [-0.1, -0.05) is 13.8 Å². The molecule has 2 rings (SSSR count). The lowest BCUT2D eigenvalue weighted by molar-refractivity contribution is -0.0864. The van der Waals surface area contributed by atoms with E-state index in [1.807, 2.05) is 18.2 Å². The van der Waals surface area contributed by atoms with Crippen LogP contribution in [0.25, 0.3) is 0 Å². The van der Waals surface area contributed by atoms with Crippen molar-refractivity contribution in [1.29, 1.82) is 0 Å². The second kappa shape index (κ2) is 6.35. The number of benzene rings is 1. The number of methoxy groups -OCH3 is 1. The van der Waals surface area contributed by atoms with Crippen LogP contribution in [0.4, 0.5) is 11.4 Å². The normalized spacial score (nSPS) is 21.4. The topological polar surface area (TPSA) is 56.5 Å². The molecule has 4 nitrogen and oxygen atoms in total. The van der Waals surface area contributed by atoms with Crippen LogP contribution in [0, 0.1) is 0 Å². The molecule has 112 valence electrons. The number of nitrogens with one attached hydrogen (secondary N) is 1. The maximum absolute atomic E-state index is 6.04. The van der Waals surface area contributed by atoms with Gasteiger partial charge < -0.3 is 20.5 Å². The van der Waals surface area contributed by atoms with E-state index in [2.05, 4.69) is 19.2 Å². The minimum atomic E-state index is 0.0174. The third kappa shape index (κ3) is 3.18. The molecule has 1 aromatic carbocycles. The molecule has 0 spiro atoms. The van der Waals surface area contributed by atoms with Crippen molar-refractivity contribution >= 4 is 11.4 Å². The Bertz CT molecular complexity index is 444. The fourth-order valence-corrected chi connectivity index (χ4v) is 2.90. The van der Waals surface area contributed by atoms with Gasteiger partial charge in [-0.2, -0.15) is 0 Å². The first-order chi connectivity index (χ1) is 9.62. The first kappa shape index (κ1) is 15.0. The Morgan fingerprint density at radius 2 is 2.15 bits per heavy atom. The van der Waals surface area contributed by atoms with Crippen molar-refractivity contribution in [3.63, 3.8) is 0 Å². The quantitative estimate of drug-likeness (QED) is 0.810. The third-order valence-corrected chi connectivity index (χ3v) is 4.40. The lowest BCUT2D eigenvalue weighted by Gasteiger charge is -2.40. The fourth-order valence-electron chi connectivity index (χ4n) is 2.90. The van der Waals surface area contributed by atoms with Crippen molar-refractivity contribution in [3.8, 4) is 5.75 Å². The Labute approximate surface area is 121 Å². The van der Waals surface area contributed by atoms with Crippen LogP contribution in [0.1, 0.15) is 39.5 Å². The average molecular weight is 278 g/mol. The Kier molecular flexibility index (Phi) is 4.76. The van der Waals surface area contributed by atoms with Gasteiger partial charge in [0, 0.05) is 18.7 Å². The van der Waals surface area contributed by atoms with Gasteiger partial charge in [0.15, 0.2) is 0 Å². The molecule has 0 radical (unpaired) electrons. The summed E-state index contributed by atoms with van der Waals surface area (Å²) < 4.78 is 11.3. The number of nitrogen functional groups attached to an aromatic ring is 1. The van der Waals surface area contributed by atoms with Gasteiger partial charge in [-0.05, 0) is 37.8 Å². The van der Waals surface area contributed by atoms with E-state index in [4.69, 9.17) is 15.2 Å². The highest BCUT2D eigenvalue weighted by atomic mass is 16.5. The van der Waals surface area contributed by atoms with E-state index in [0.29, 0.717) is 6.04 Å².